The van der Waals surface area contributed by atoms with Gasteiger partial charge in [-0.15, -0.1) is 0 Å². The largest absolute Gasteiger partial charge is 0.485 e. The fourth-order valence-electron chi connectivity index (χ4n) is 2.61. The summed E-state index contributed by atoms with van der Waals surface area (Å²) in [6.07, 6.45) is 0. The second-order valence-corrected chi connectivity index (χ2v) is 6.38. The number of carbonyl (C=O) groups excluding carboxylic acids is 1. The molecule has 154 valence electrons. The van der Waals surface area contributed by atoms with E-state index in [0.717, 1.165) is 11.1 Å². The van der Waals surface area contributed by atoms with Gasteiger partial charge in [0, 0.05) is 13.1 Å². The van der Waals surface area contributed by atoms with Crippen LogP contribution in [-0.4, -0.2) is 19.0 Å². The summed E-state index contributed by atoms with van der Waals surface area (Å²) in [6, 6.07) is 24.5. The SMILES string of the molecule is CNC(=O)NC(N)=Nc1ccc(OCc2ccccc2)c(OCc2ccccc2)c1. The molecule has 7 heteroatoms. The molecule has 0 fully saturated rings. The van der Waals surface area contributed by atoms with Crippen LogP contribution >= 0.6 is 0 Å². The number of carbonyl (C=O) groups is 1. The molecule has 0 saturated carbocycles. The van der Waals surface area contributed by atoms with Gasteiger partial charge in [-0.25, -0.2) is 9.79 Å². The van der Waals surface area contributed by atoms with Gasteiger partial charge < -0.3 is 20.5 Å². The first-order chi connectivity index (χ1) is 14.6. The van der Waals surface area contributed by atoms with E-state index in [2.05, 4.69) is 15.6 Å². The summed E-state index contributed by atoms with van der Waals surface area (Å²) in [7, 11) is 1.50. The molecule has 30 heavy (non-hydrogen) atoms. The summed E-state index contributed by atoms with van der Waals surface area (Å²) in [5.74, 6) is 1.09. The fourth-order valence-corrected chi connectivity index (χ4v) is 2.61. The molecule has 0 aliphatic heterocycles. The lowest BCUT2D eigenvalue weighted by Crippen LogP contribution is -2.41. The van der Waals surface area contributed by atoms with E-state index in [0.29, 0.717) is 30.4 Å². The Hall–Kier alpha value is -4.00. The molecule has 0 radical (unpaired) electrons. The highest BCUT2D eigenvalue weighted by Crippen LogP contribution is 2.33. The number of aliphatic imine (C=N–C) groups is 1. The van der Waals surface area contributed by atoms with E-state index in [1.54, 1.807) is 18.2 Å². The topological polar surface area (TPSA) is 98.0 Å². The highest BCUT2D eigenvalue weighted by molar-refractivity contribution is 5.96. The van der Waals surface area contributed by atoms with Crippen LogP contribution in [-0.2, 0) is 13.2 Å². The lowest BCUT2D eigenvalue weighted by Gasteiger charge is -2.14. The minimum Gasteiger partial charge on any atom is -0.485 e. The van der Waals surface area contributed by atoms with Gasteiger partial charge in [0.15, 0.2) is 11.5 Å². The Bertz CT molecular complexity index is 992. The molecule has 0 spiro atoms. The van der Waals surface area contributed by atoms with E-state index in [1.807, 2.05) is 60.7 Å². The zero-order valence-corrected chi connectivity index (χ0v) is 16.7. The molecule has 7 nitrogen and oxygen atoms in total. The molecular weight excluding hydrogens is 380 g/mol. The Morgan fingerprint density at radius 3 is 2.00 bits per heavy atom. The number of urea groups is 1. The van der Waals surface area contributed by atoms with Crippen molar-refractivity contribution in [1.82, 2.24) is 10.6 Å². The first-order valence-corrected chi connectivity index (χ1v) is 9.44. The van der Waals surface area contributed by atoms with Crippen LogP contribution in [0.4, 0.5) is 10.5 Å². The van der Waals surface area contributed by atoms with Crippen LogP contribution in [0.15, 0.2) is 83.9 Å². The highest BCUT2D eigenvalue weighted by Gasteiger charge is 2.09. The van der Waals surface area contributed by atoms with Gasteiger partial charge in [0.25, 0.3) is 0 Å². The third-order valence-electron chi connectivity index (χ3n) is 4.12. The summed E-state index contributed by atoms with van der Waals surface area (Å²) in [4.78, 5) is 15.6. The Kier molecular flexibility index (Phi) is 7.27. The quantitative estimate of drug-likeness (QED) is 0.413. The predicted octanol–water partition coefficient (Wildman–Crippen LogP) is 3.72. The molecule has 0 heterocycles. The average Bonchev–Trinajstić information content (AvgIpc) is 2.78. The van der Waals surface area contributed by atoms with E-state index >= 15 is 0 Å². The number of benzene rings is 3. The van der Waals surface area contributed by atoms with Gasteiger partial charge in [0.05, 0.1) is 5.69 Å². The molecule has 0 unspecified atom stereocenters. The molecule has 2 amide bonds. The van der Waals surface area contributed by atoms with Gasteiger partial charge in [0.2, 0.25) is 5.96 Å². The van der Waals surface area contributed by atoms with Crippen molar-refractivity contribution in [3.8, 4) is 11.5 Å². The van der Waals surface area contributed by atoms with E-state index in [4.69, 9.17) is 15.2 Å². The van der Waals surface area contributed by atoms with Crippen molar-refractivity contribution < 1.29 is 14.3 Å². The number of guanidine groups is 1. The number of rotatable bonds is 7. The van der Waals surface area contributed by atoms with Crippen LogP contribution in [0.1, 0.15) is 11.1 Å². The number of nitrogens with zero attached hydrogens (tertiary/aromatic N) is 1. The standard InChI is InChI=1S/C23H24N4O3/c1-25-23(28)27-22(24)26-19-12-13-20(29-15-17-8-4-2-5-9-17)21(14-19)30-16-18-10-6-3-7-11-18/h2-14H,15-16H2,1H3,(H4,24,25,26,27,28). The molecule has 0 aliphatic rings. The van der Waals surface area contributed by atoms with Gasteiger partial charge >= 0.3 is 6.03 Å². The van der Waals surface area contributed by atoms with Crippen LogP contribution in [0.2, 0.25) is 0 Å². The molecule has 0 bridgehead atoms. The molecule has 4 N–H and O–H groups in total. The second kappa shape index (κ2) is 10.5. The molecular formula is C23H24N4O3. The number of amides is 2. The predicted molar refractivity (Wildman–Crippen MR) is 117 cm³/mol. The Morgan fingerprint density at radius 1 is 0.867 bits per heavy atom. The van der Waals surface area contributed by atoms with Crippen LogP contribution in [0, 0.1) is 0 Å². The summed E-state index contributed by atoms with van der Waals surface area (Å²) >= 11 is 0. The van der Waals surface area contributed by atoms with Crippen molar-refractivity contribution in [2.45, 2.75) is 13.2 Å². The number of hydrogen-bond acceptors (Lipinski definition) is 4. The van der Waals surface area contributed by atoms with E-state index in [-0.39, 0.29) is 5.96 Å². The smallest absolute Gasteiger partial charge is 0.321 e. The van der Waals surface area contributed by atoms with Gasteiger partial charge in [-0.2, -0.15) is 0 Å². The van der Waals surface area contributed by atoms with Crippen LogP contribution in [0.5, 0.6) is 11.5 Å². The molecule has 0 saturated heterocycles. The molecule has 3 aromatic rings. The van der Waals surface area contributed by atoms with E-state index in [1.165, 1.54) is 7.05 Å². The van der Waals surface area contributed by atoms with E-state index in [9.17, 15) is 4.79 Å². The zero-order chi connectivity index (χ0) is 21.2. The number of hydrogen-bond donors (Lipinski definition) is 3. The number of ether oxygens (including phenoxy) is 2. The first-order valence-electron chi connectivity index (χ1n) is 9.44. The second-order valence-electron chi connectivity index (χ2n) is 6.38. The maximum atomic E-state index is 11.4. The number of nitrogens with two attached hydrogens (primary N) is 1. The molecule has 0 aliphatic carbocycles. The first kappa shape index (κ1) is 20.7. The third-order valence-corrected chi connectivity index (χ3v) is 4.12. The average molecular weight is 404 g/mol. The normalized spacial score (nSPS) is 10.9. The van der Waals surface area contributed by atoms with Crippen molar-refractivity contribution in [3.05, 3.63) is 90.0 Å². The minimum absolute atomic E-state index is 0.0266. The third kappa shape index (κ3) is 6.27. The monoisotopic (exact) mass is 404 g/mol. The molecule has 0 aromatic heterocycles. The zero-order valence-electron chi connectivity index (χ0n) is 16.7. The van der Waals surface area contributed by atoms with E-state index < -0.39 is 6.03 Å². The maximum Gasteiger partial charge on any atom is 0.321 e. The van der Waals surface area contributed by atoms with Crippen LogP contribution in [0.25, 0.3) is 0 Å². The van der Waals surface area contributed by atoms with Gasteiger partial charge in [0.1, 0.15) is 13.2 Å². The summed E-state index contributed by atoms with van der Waals surface area (Å²) < 4.78 is 12.0. The van der Waals surface area contributed by atoms with Crippen molar-refractivity contribution in [2.75, 3.05) is 7.05 Å². The van der Waals surface area contributed by atoms with Gasteiger partial charge in [-0.1, -0.05) is 60.7 Å². The fraction of sp³-hybridized carbons (Fsp3) is 0.130. The van der Waals surface area contributed by atoms with Crippen molar-refractivity contribution >= 4 is 17.7 Å². The summed E-state index contributed by atoms with van der Waals surface area (Å²) in [5, 5.41) is 4.84. The Balaban J connectivity index is 1.79. The van der Waals surface area contributed by atoms with Crippen molar-refractivity contribution in [2.24, 2.45) is 10.7 Å². The lowest BCUT2D eigenvalue weighted by molar-refractivity contribution is 0.247. The van der Waals surface area contributed by atoms with Crippen molar-refractivity contribution in [1.29, 1.82) is 0 Å². The van der Waals surface area contributed by atoms with Crippen molar-refractivity contribution in [3.63, 3.8) is 0 Å². The number of nitrogens with one attached hydrogen (secondary N) is 2. The van der Waals surface area contributed by atoms with Crippen LogP contribution in [0.3, 0.4) is 0 Å². The lowest BCUT2D eigenvalue weighted by atomic mass is 10.2. The van der Waals surface area contributed by atoms with Gasteiger partial charge in [-0.3, -0.25) is 5.32 Å². The summed E-state index contributed by atoms with van der Waals surface area (Å²) in [6.45, 7) is 0.785. The Morgan fingerprint density at radius 2 is 1.43 bits per heavy atom. The highest BCUT2D eigenvalue weighted by atomic mass is 16.5. The minimum atomic E-state index is -0.445. The Labute approximate surface area is 175 Å². The maximum absolute atomic E-state index is 11.4. The van der Waals surface area contributed by atoms with Crippen LogP contribution < -0.4 is 25.8 Å². The molecule has 3 aromatic carbocycles. The summed E-state index contributed by atoms with van der Waals surface area (Å²) in [5.41, 5.74) is 8.38. The molecule has 0 atom stereocenters. The molecule has 3 rings (SSSR count). The van der Waals surface area contributed by atoms with Gasteiger partial charge in [-0.05, 0) is 23.3 Å².